The molecule has 4 N–H and O–H groups in total. The largest absolute Gasteiger partial charge is 0.430 e. The molecule has 0 spiro atoms. The van der Waals surface area contributed by atoms with Crippen LogP contribution in [0, 0.1) is 6.92 Å². The second-order valence-electron chi connectivity index (χ2n) is 10.3. The molecule has 2 aliphatic rings. The van der Waals surface area contributed by atoms with Gasteiger partial charge in [-0.3, -0.25) is 9.10 Å². The van der Waals surface area contributed by atoms with E-state index in [-0.39, 0.29) is 47.5 Å². The predicted octanol–water partition coefficient (Wildman–Crippen LogP) is 4.20. The van der Waals surface area contributed by atoms with Crippen molar-refractivity contribution in [3.05, 3.63) is 59.2 Å². The molecule has 40 heavy (non-hydrogen) atoms. The van der Waals surface area contributed by atoms with Gasteiger partial charge in [0.05, 0.1) is 16.6 Å². The molecule has 1 aliphatic heterocycles. The number of sulfonamides is 1. The van der Waals surface area contributed by atoms with Gasteiger partial charge in [-0.25, -0.2) is 8.42 Å². The third-order valence-electron chi connectivity index (χ3n) is 7.55. The molecule has 1 amide bonds. The van der Waals surface area contributed by atoms with Crippen molar-refractivity contribution >= 4 is 21.6 Å². The van der Waals surface area contributed by atoms with Crippen LogP contribution in [0.5, 0.6) is 0 Å². The second kappa shape index (κ2) is 10.5. The minimum atomic E-state index is -6.09. The Hall–Kier alpha value is -2.84. The van der Waals surface area contributed by atoms with E-state index in [0.29, 0.717) is 18.6 Å². The lowest BCUT2D eigenvalue weighted by molar-refractivity contribution is -0.376. The summed E-state index contributed by atoms with van der Waals surface area (Å²) in [6.45, 7) is 1.73. The van der Waals surface area contributed by atoms with Crippen molar-refractivity contribution in [3.63, 3.8) is 0 Å². The molecule has 7 nitrogen and oxygen atoms in total. The summed E-state index contributed by atoms with van der Waals surface area (Å²) in [7, 11) is -4.41. The zero-order valence-electron chi connectivity index (χ0n) is 21.4. The third kappa shape index (κ3) is 5.40. The fourth-order valence-corrected chi connectivity index (χ4v) is 7.05. The van der Waals surface area contributed by atoms with Crippen molar-refractivity contribution in [1.82, 2.24) is 5.32 Å². The molecule has 14 heteroatoms. The molecular formula is C26H29F6N3O4S. The molecule has 3 atom stereocenters. The number of alkyl halides is 6. The minimum absolute atomic E-state index is 0.0673. The smallest absolute Gasteiger partial charge is 0.369 e. The molecule has 1 aliphatic carbocycles. The SMILES string of the molecule is Cc1ccc(S(=O)(=O)N2c3ccc(C(O)(C(F)(F)F)C(F)(F)F)cc3CCC2CC(=O)NC2CCCC2N)cc1. The maximum atomic E-state index is 13.8. The van der Waals surface area contributed by atoms with Gasteiger partial charge in [-0.2, -0.15) is 26.3 Å². The Bertz CT molecular complexity index is 1350. The van der Waals surface area contributed by atoms with Crippen molar-refractivity contribution in [2.45, 2.75) is 86.4 Å². The number of carbonyl (C=O) groups excluding carboxylic acids is 1. The predicted molar refractivity (Wildman–Crippen MR) is 134 cm³/mol. The van der Waals surface area contributed by atoms with Crippen molar-refractivity contribution in [2.24, 2.45) is 5.73 Å². The number of aliphatic hydroxyl groups is 1. The van der Waals surface area contributed by atoms with Gasteiger partial charge in [0.25, 0.3) is 15.6 Å². The molecule has 4 rings (SSSR count). The van der Waals surface area contributed by atoms with Crippen molar-refractivity contribution in [2.75, 3.05) is 4.31 Å². The van der Waals surface area contributed by atoms with Crippen LogP contribution in [-0.4, -0.2) is 49.9 Å². The summed E-state index contributed by atoms with van der Waals surface area (Å²) < 4.78 is 110. The van der Waals surface area contributed by atoms with Crippen molar-refractivity contribution < 1.29 is 44.7 Å². The summed E-state index contributed by atoms with van der Waals surface area (Å²) in [6, 6.07) is 5.98. The Kier molecular flexibility index (Phi) is 7.93. The Morgan fingerprint density at radius 3 is 2.20 bits per heavy atom. The monoisotopic (exact) mass is 593 g/mol. The molecule has 1 heterocycles. The van der Waals surface area contributed by atoms with Crippen LogP contribution in [0.4, 0.5) is 32.0 Å². The number of benzene rings is 2. The molecule has 0 saturated heterocycles. The number of hydrogen-bond donors (Lipinski definition) is 3. The molecule has 0 radical (unpaired) electrons. The lowest BCUT2D eigenvalue weighted by atomic mass is 9.87. The van der Waals surface area contributed by atoms with Crippen molar-refractivity contribution in [1.29, 1.82) is 0 Å². The number of halogens is 6. The number of rotatable bonds is 6. The van der Waals surface area contributed by atoms with Crippen LogP contribution in [-0.2, 0) is 26.8 Å². The first-order valence-electron chi connectivity index (χ1n) is 12.6. The van der Waals surface area contributed by atoms with E-state index in [9.17, 15) is 44.7 Å². The highest BCUT2D eigenvalue weighted by Gasteiger charge is 2.71. The van der Waals surface area contributed by atoms with Crippen LogP contribution >= 0.6 is 0 Å². The maximum Gasteiger partial charge on any atom is 0.430 e. The molecule has 3 unspecified atom stereocenters. The fourth-order valence-electron chi connectivity index (χ4n) is 5.33. The Morgan fingerprint density at radius 1 is 1.02 bits per heavy atom. The molecular weight excluding hydrogens is 564 g/mol. The van der Waals surface area contributed by atoms with E-state index in [1.807, 2.05) is 0 Å². The fraction of sp³-hybridized carbons (Fsp3) is 0.500. The Balaban J connectivity index is 1.77. The summed E-state index contributed by atoms with van der Waals surface area (Å²) in [6.07, 6.45) is -10.5. The number of carbonyl (C=O) groups is 1. The molecule has 220 valence electrons. The van der Waals surface area contributed by atoms with Gasteiger partial charge < -0.3 is 16.2 Å². The molecule has 1 fully saturated rings. The van der Waals surface area contributed by atoms with Crippen LogP contribution in [0.25, 0.3) is 0 Å². The topological polar surface area (TPSA) is 113 Å². The Labute approximate surface area is 227 Å². The van der Waals surface area contributed by atoms with E-state index in [1.165, 1.54) is 24.3 Å². The standard InChI is InChI=1S/C26H29F6N3O4S/c1-15-5-10-19(11-6-15)40(38,39)35-18(14-23(36)34-21-4-2-3-20(21)33)9-7-16-13-17(8-12-22(16)35)24(37,25(27,28)29)26(30,31)32/h5-6,8,10-13,18,20-21,37H,2-4,7,9,14,33H2,1H3,(H,34,36). The summed E-state index contributed by atoms with van der Waals surface area (Å²) >= 11 is 0. The van der Waals surface area contributed by atoms with Crippen molar-refractivity contribution in [3.8, 4) is 0 Å². The number of fused-ring (bicyclic) bond motifs is 1. The van der Waals surface area contributed by atoms with Gasteiger partial charge in [-0.15, -0.1) is 0 Å². The van der Waals surface area contributed by atoms with Crippen LogP contribution in [0.3, 0.4) is 0 Å². The summed E-state index contributed by atoms with van der Waals surface area (Å²) in [5, 5.41) is 12.7. The maximum absolute atomic E-state index is 13.8. The zero-order valence-corrected chi connectivity index (χ0v) is 22.2. The van der Waals surface area contributed by atoms with Crippen LogP contribution in [0.2, 0.25) is 0 Å². The quantitative estimate of drug-likeness (QED) is 0.435. The summed E-state index contributed by atoms with van der Waals surface area (Å²) in [5.74, 6) is -0.472. The van der Waals surface area contributed by atoms with Crippen LogP contribution < -0.4 is 15.4 Å². The van der Waals surface area contributed by atoms with Gasteiger partial charge in [0.2, 0.25) is 5.91 Å². The number of nitrogens with zero attached hydrogens (tertiary/aromatic N) is 1. The minimum Gasteiger partial charge on any atom is -0.369 e. The molecule has 2 aromatic carbocycles. The number of amides is 1. The summed E-state index contributed by atoms with van der Waals surface area (Å²) in [4.78, 5) is 12.7. The van der Waals surface area contributed by atoms with Gasteiger partial charge in [-0.05, 0) is 62.8 Å². The highest BCUT2D eigenvalue weighted by molar-refractivity contribution is 7.92. The van der Waals surface area contributed by atoms with Crippen LogP contribution in [0.1, 0.15) is 48.8 Å². The lowest BCUT2D eigenvalue weighted by Crippen LogP contribution is -2.54. The molecule has 0 aromatic heterocycles. The molecule has 1 saturated carbocycles. The number of anilines is 1. The number of aryl methyl sites for hydroxylation is 2. The normalized spacial score (nSPS) is 22.2. The number of nitrogens with one attached hydrogen (secondary N) is 1. The van der Waals surface area contributed by atoms with E-state index >= 15 is 0 Å². The average Bonchev–Trinajstić information content (AvgIpc) is 3.25. The lowest BCUT2D eigenvalue weighted by Gasteiger charge is -2.39. The molecule has 2 aromatic rings. The highest BCUT2D eigenvalue weighted by Crippen LogP contribution is 2.51. The summed E-state index contributed by atoms with van der Waals surface area (Å²) in [5.41, 5.74) is -0.182. The first-order chi connectivity index (χ1) is 18.5. The van der Waals surface area contributed by atoms with Gasteiger partial charge in [0, 0.05) is 24.1 Å². The van der Waals surface area contributed by atoms with Gasteiger partial charge >= 0.3 is 12.4 Å². The zero-order chi connectivity index (χ0) is 29.7. The highest BCUT2D eigenvalue weighted by atomic mass is 32.2. The van der Waals surface area contributed by atoms with E-state index in [0.717, 1.165) is 28.8 Å². The number of nitrogens with two attached hydrogens (primary N) is 1. The second-order valence-corrected chi connectivity index (χ2v) is 12.1. The van der Waals surface area contributed by atoms with Gasteiger partial charge in [-0.1, -0.05) is 29.8 Å². The van der Waals surface area contributed by atoms with Gasteiger partial charge in [0.1, 0.15) is 0 Å². The Morgan fingerprint density at radius 2 is 1.65 bits per heavy atom. The van der Waals surface area contributed by atoms with E-state index < -0.39 is 45.5 Å². The number of hydrogen-bond acceptors (Lipinski definition) is 5. The third-order valence-corrected chi connectivity index (χ3v) is 9.43. The van der Waals surface area contributed by atoms with E-state index in [4.69, 9.17) is 5.73 Å². The van der Waals surface area contributed by atoms with Crippen LogP contribution in [0.15, 0.2) is 47.4 Å². The molecule has 0 bridgehead atoms. The van der Waals surface area contributed by atoms with E-state index in [2.05, 4.69) is 5.32 Å². The first kappa shape index (κ1) is 30.1. The first-order valence-corrected chi connectivity index (χ1v) is 14.1. The van der Waals surface area contributed by atoms with E-state index in [1.54, 1.807) is 6.92 Å². The average molecular weight is 594 g/mol. The van der Waals surface area contributed by atoms with Gasteiger partial charge in [0.15, 0.2) is 0 Å².